The zero-order chi connectivity index (χ0) is 12.9. The Morgan fingerprint density at radius 3 is 2.78 bits per heavy atom. The average molecular weight is 323 g/mol. The van der Waals surface area contributed by atoms with Crippen molar-refractivity contribution in [3.05, 3.63) is 33.4 Å². The number of aromatic nitrogens is 3. The van der Waals surface area contributed by atoms with Crippen molar-refractivity contribution in [1.29, 1.82) is 0 Å². The summed E-state index contributed by atoms with van der Waals surface area (Å²) in [6, 6.07) is 2.06. The molecule has 3 heterocycles. The van der Waals surface area contributed by atoms with Crippen molar-refractivity contribution in [2.45, 2.75) is 13.8 Å². The number of halogens is 1. The van der Waals surface area contributed by atoms with Crippen LogP contribution in [0.4, 0.5) is 5.13 Å². The quantitative estimate of drug-likeness (QED) is 0.746. The summed E-state index contributed by atoms with van der Waals surface area (Å²) in [6.45, 7) is 4.04. The van der Waals surface area contributed by atoms with Gasteiger partial charge in [-0.3, -0.25) is 4.40 Å². The average Bonchev–Trinajstić information content (AvgIpc) is 2.82. The molecule has 0 aliphatic rings. The number of imidazole rings is 1. The topological polar surface area (TPSA) is 56.2 Å². The number of nitrogen functional groups attached to an aromatic ring is 1. The van der Waals surface area contributed by atoms with Gasteiger partial charge in [-0.05, 0) is 41.4 Å². The van der Waals surface area contributed by atoms with E-state index in [9.17, 15) is 0 Å². The maximum Gasteiger partial charge on any atom is 0.180 e. The summed E-state index contributed by atoms with van der Waals surface area (Å²) < 4.78 is 3.04. The smallest absolute Gasteiger partial charge is 0.180 e. The standard InChI is InChI=1S/C12H11BrN4S/c1-6-3-8(13)11-15-7(2)10(17(11)4-6)9-5-18-12(14)16-9/h3-5H,1-2H3,(H2,14,16). The predicted molar refractivity (Wildman–Crippen MR) is 77.9 cm³/mol. The minimum Gasteiger partial charge on any atom is -0.375 e. The molecule has 6 heteroatoms. The molecule has 0 saturated carbocycles. The van der Waals surface area contributed by atoms with E-state index in [2.05, 4.69) is 49.5 Å². The highest BCUT2D eigenvalue weighted by atomic mass is 79.9. The van der Waals surface area contributed by atoms with Crippen LogP contribution in [-0.2, 0) is 0 Å². The van der Waals surface area contributed by atoms with Crippen LogP contribution in [0.15, 0.2) is 22.1 Å². The van der Waals surface area contributed by atoms with E-state index in [1.807, 2.05) is 12.3 Å². The molecular formula is C12H11BrN4S. The van der Waals surface area contributed by atoms with Crippen LogP contribution in [0.2, 0.25) is 0 Å². The second-order valence-electron chi connectivity index (χ2n) is 4.18. The minimum absolute atomic E-state index is 0.575. The largest absolute Gasteiger partial charge is 0.375 e. The van der Waals surface area contributed by atoms with Crippen LogP contribution in [-0.4, -0.2) is 14.4 Å². The second-order valence-corrected chi connectivity index (χ2v) is 5.92. The molecule has 0 aliphatic carbocycles. The normalized spacial score (nSPS) is 11.3. The number of anilines is 1. The summed E-state index contributed by atoms with van der Waals surface area (Å²) in [5.74, 6) is 0. The first-order valence-corrected chi connectivity index (χ1v) is 7.09. The summed E-state index contributed by atoms with van der Waals surface area (Å²) in [5, 5.41) is 2.54. The van der Waals surface area contributed by atoms with Gasteiger partial charge < -0.3 is 5.73 Å². The summed E-state index contributed by atoms with van der Waals surface area (Å²) in [5.41, 5.74) is 10.6. The number of aryl methyl sites for hydroxylation is 2. The zero-order valence-corrected chi connectivity index (χ0v) is 12.3. The molecule has 3 rings (SSSR count). The number of pyridine rings is 1. The molecule has 0 fully saturated rings. The van der Waals surface area contributed by atoms with E-state index in [1.165, 1.54) is 11.3 Å². The molecule has 0 aliphatic heterocycles. The van der Waals surface area contributed by atoms with Crippen LogP contribution in [0.25, 0.3) is 17.0 Å². The van der Waals surface area contributed by atoms with Crippen LogP contribution >= 0.6 is 27.3 Å². The first-order valence-electron chi connectivity index (χ1n) is 5.42. The fourth-order valence-corrected chi connectivity index (χ4v) is 3.24. The van der Waals surface area contributed by atoms with Crippen molar-refractivity contribution in [3.63, 3.8) is 0 Å². The van der Waals surface area contributed by atoms with Gasteiger partial charge in [0.05, 0.1) is 15.9 Å². The van der Waals surface area contributed by atoms with Crippen LogP contribution in [0.1, 0.15) is 11.3 Å². The highest BCUT2D eigenvalue weighted by molar-refractivity contribution is 9.10. The van der Waals surface area contributed by atoms with Gasteiger partial charge in [0.1, 0.15) is 5.69 Å². The van der Waals surface area contributed by atoms with Crippen molar-refractivity contribution in [1.82, 2.24) is 14.4 Å². The molecule has 0 unspecified atom stereocenters. The van der Waals surface area contributed by atoms with Crippen molar-refractivity contribution >= 4 is 38.0 Å². The number of rotatable bonds is 1. The van der Waals surface area contributed by atoms with Gasteiger partial charge in [0.2, 0.25) is 0 Å². The molecule has 0 bridgehead atoms. The number of hydrogen-bond donors (Lipinski definition) is 1. The number of fused-ring (bicyclic) bond motifs is 1. The Morgan fingerprint density at radius 2 is 2.11 bits per heavy atom. The van der Waals surface area contributed by atoms with Gasteiger partial charge in [-0.25, -0.2) is 9.97 Å². The lowest BCUT2D eigenvalue weighted by Gasteiger charge is -2.02. The van der Waals surface area contributed by atoms with E-state index in [0.29, 0.717) is 5.13 Å². The fourth-order valence-electron chi connectivity index (χ4n) is 2.05. The van der Waals surface area contributed by atoms with Crippen LogP contribution in [0, 0.1) is 13.8 Å². The molecule has 2 N–H and O–H groups in total. The Balaban J connectivity index is 2.38. The molecule has 18 heavy (non-hydrogen) atoms. The highest BCUT2D eigenvalue weighted by Crippen LogP contribution is 2.30. The lowest BCUT2D eigenvalue weighted by molar-refractivity contribution is 1.14. The van der Waals surface area contributed by atoms with Crippen LogP contribution < -0.4 is 5.73 Å². The van der Waals surface area contributed by atoms with Crippen molar-refractivity contribution in [2.24, 2.45) is 0 Å². The number of nitrogens with two attached hydrogens (primary N) is 1. The first kappa shape index (κ1) is 11.7. The molecule has 3 aromatic rings. The SMILES string of the molecule is Cc1cc(Br)c2nc(C)c(-c3csc(N)n3)n2c1. The number of nitrogens with zero attached hydrogens (tertiary/aromatic N) is 3. The first-order chi connectivity index (χ1) is 8.56. The third-order valence-electron chi connectivity index (χ3n) is 2.75. The van der Waals surface area contributed by atoms with Gasteiger partial charge >= 0.3 is 0 Å². The third kappa shape index (κ3) is 1.72. The van der Waals surface area contributed by atoms with Gasteiger partial charge in [0.15, 0.2) is 10.8 Å². The van der Waals surface area contributed by atoms with Gasteiger partial charge in [-0.15, -0.1) is 11.3 Å². The second kappa shape index (κ2) is 4.07. The molecule has 4 nitrogen and oxygen atoms in total. The predicted octanol–water partition coefficient (Wildman–Crippen LogP) is 3.42. The van der Waals surface area contributed by atoms with E-state index in [1.54, 1.807) is 0 Å². The molecule has 0 amide bonds. The Labute approximate surface area is 117 Å². The summed E-state index contributed by atoms with van der Waals surface area (Å²) >= 11 is 4.99. The fraction of sp³-hybridized carbons (Fsp3) is 0.167. The Bertz CT molecular complexity index is 744. The lowest BCUT2D eigenvalue weighted by Crippen LogP contribution is -1.92. The molecule has 0 radical (unpaired) electrons. The van der Waals surface area contributed by atoms with Crippen molar-refractivity contribution in [3.8, 4) is 11.4 Å². The molecule has 0 atom stereocenters. The molecule has 0 saturated heterocycles. The zero-order valence-electron chi connectivity index (χ0n) is 9.94. The van der Waals surface area contributed by atoms with E-state index >= 15 is 0 Å². The van der Waals surface area contributed by atoms with Crippen molar-refractivity contribution < 1.29 is 0 Å². The Morgan fingerprint density at radius 1 is 1.33 bits per heavy atom. The molecule has 3 aromatic heterocycles. The molecular weight excluding hydrogens is 312 g/mol. The monoisotopic (exact) mass is 322 g/mol. The van der Waals surface area contributed by atoms with Crippen LogP contribution in [0.5, 0.6) is 0 Å². The van der Waals surface area contributed by atoms with Gasteiger partial charge in [-0.1, -0.05) is 0 Å². The van der Waals surface area contributed by atoms with Gasteiger partial charge in [-0.2, -0.15) is 0 Å². The molecule has 0 spiro atoms. The maximum absolute atomic E-state index is 5.71. The summed E-state index contributed by atoms with van der Waals surface area (Å²) in [4.78, 5) is 8.92. The van der Waals surface area contributed by atoms with E-state index in [0.717, 1.165) is 32.8 Å². The van der Waals surface area contributed by atoms with E-state index < -0.39 is 0 Å². The lowest BCUT2D eigenvalue weighted by atomic mass is 10.2. The maximum atomic E-state index is 5.71. The van der Waals surface area contributed by atoms with E-state index in [-0.39, 0.29) is 0 Å². The molecule has 92 valence electrons. The molecule has 0 aromatic carbocycles. The van der Waals surface area contributed by atoms with Crippen LogP contribution in [0.3, 0.4) is 0 Å². The Hall–Kier alpha value is -1.40. The van der Waals surface area contributed by atoms with Gasteiger partial charge in [0.25, 0.3) is 0 Å². The summed E-state index contributed by atoms with van der Waals surface area (Å²) in [7, 11) is 0. The Kier molecular flexibility index (Phi) is 2.64. The van der Waals surface area contributed by atoms with E-state index in [4.69, 9.17) is 5.73 Å². The third-order valence-corrected chi connectivity index (χ3v) is 4.01. The number of thiazole rings is 1. The van der Waals surface area contributed by atoms with Crippen molar-refractivity contribution in [2.75, 3.05) is 5.73 Å². The minimum atomic E-state index is 0.575. The number of hydrogen-bond acceptors (Lipinski definition) is 4. The highest BCUT2D eigenvalue weighted by Gasteiger charge is 2.15. The van der Waals surface area contributed by atoms with Gasteiger partial charge in [0, 0.05) is 11.6 Å². The summed E-state index contributed by atoms with van der Waals surface area (Å²) in [6.07, 6.45) is 2.06.